The van der Waals surface area contributed by atoms with Gasteiger partial charge in [-0.1, -0.05) is 43.5 Å². The van der Waals surface area contributed by atoms with Gasteiger partial charge >= 0.3 is 29.8 Å². The third-order valence-corrected chi connectivity index (χ3v) is 8.97. The minimum Gasteiger partial charge on any atom is -0.494 e. The zero-order valence-electron chi connectivity index (χ0n) is 34.4. The topological polar surface area (TPSA) is 150 Å². The molecule has 0 N–H and O–H groups in total. The van der Waals surface area contributed by atoms with Crippen LogP contribution in [0, 0.1) is 0 Å². The number of para-hydroxylation sites is 1. The van der Waals surface area contributed by atoms with Gasteiger partial charge in [0.1, 0.15) is 29.1 Å². The molecule has 61 heavy (non-hydrogen) atoms. The van der Waals surface area contributed by atoms with Gasteiger partial charge in [-0.05, 0) is 137 Å². The first-order valence-electron chi connectivity index (χ1n) is 20.2. The van der Waals surface area contributed by atoms with E-state index in [2.05, 4.69) is 13.2 Å². The summed E-state index contributed by atoms with van der Waals surface area (Å²) < 4.78 is 38.3. The van der Waals surface area contributed by atoms with E-state index in [1.54, 1.807) is 110 Å². The van der Waals surface area contributed by atoms with Crippen molar-refractivity contribution in [1.82, 2.24) is 0 Å². The van der Waals surface area contributed by atoms with Crippen molar-refractivity contribution < 1.29 is 57.1 Å². The molecule has 1 atom stereocenters. The molecule has 0 aromatic heterocycles. The molecule has 0 unspecified atom stereocenters. The van der Waals surface area contributed by atoms with Crippen LogP contribution in [0.15, 0.2) is 128 Å². The molecule has 0 heterocycles. The summed E-state index contributed by atoms with van der Waals surface area (Å²) in [6.45, 7) is 10.2. The Hall–Kier alpha value is -6.95. The van der Waals surface area contributed by atoms with Crippen LogP contribution < -0.4 is 18.9 Å². The van der Waals surface area contributed by atoms with Crippen LogP contribution in [0.2, 0.25) is 0 Å². The van der Waals surface area contributed by atoms with E-state index in [4.69, 9.17) is 33.2 Å². The lowest BCUT2D eigenvalue weighted by atomic mass is 10.1. The van der Waals surface area contributed by atoms with E-state index >= 15 is 0 Å². The molecule has 0 saturated carbocycles. The van der Waals surface area contributed by atoms with Gasteiger partial charge in [0, 0.05) is 23.8 Å². The van der Waals surface area contributed by atoms with Crippen LogP contribution in [0.4, 0.5) is 0 Å². The lowest BCUT2D eigenvalue weighted by Gasteiger charge is -2.16. The highest BCUT2D eigenvalue weighted by Gasteiger charge is 2.18. The molecular weight excluding hydrogens is 781 g/mol. The molecule has 0 bridgehead atoms. The summed E-state index contributed by atoms with van der Waals surface area (Å²) in [7, 11) is 0. The monoisotopic (exact) mass is 832 g/mol. The number of benzene rings is 4. The Morgan fingerprint density at radius 2 is 0.984 bits per heavy atom. The maximum atomic E-state index is 13.0. The molecule has 0 radical (unpaired) electrons. The molecule has 4 aromatic carbocycles. The van der Waals surface area contributed by atoms with Gasteiger partial charge in [0.05, 0.1) is 37.6 Å². The minimum absolute atomic E-state index is 0.260. The van der Waals surface area contributed by atoms with Crippen molar-refractivity contribution in [2.75, 3.05) is 26.4 Å². The summed E-state index contributed by atoms with van der Waals surface area (Å²) in [5, 5.41) is 0. The van der Waals surface area contributed by atoms with Crippen LogP contribution in [0.5, 0.6) is 23.0 Å². The van der Waals surface area contributed by atoms with Gasteiger partial charge in [-0.15, -0.1) is 0 Å². The highest BCUT2D eigenvalue weighted by molar-refractivity contribution is 5.92. The molecule has 0 aliphatic rings. The Morgan fingerprint density at radius 1 is 0.525 bits per heavy atom. The molecule has 320 valence electrons. The highest BCUT2D eigenvalue weighted by atomic mass is 16.6. The Balaban J connectivity index is 1.16. The van der Waals surface area contributed by atoms with Crippen LogP contribution in [0.1, 0.15) is 96.2 Å². The molecule has 0 aliphatic heterocycles. The van der Waals surface area contributed by atoms with E-state index in [0.29, 0.717) is 65.9 Å². The Kier molecular flexibility index (Phi) is 20.1. The first kappa shape index (κ1) is 46.7. The van der Waals surface area contributed by atoms with E-state index < -0.39 is 36.0 Å². The van der Waals surface area contributed by atoms with E-state index in [1.165, 1.54) is 6.08 Å². The standard InChI is InChI=1S/C49H52O12/c1-4-45(50)57-34-14-8-6-12-32-55-40-27-21-38(22-28-40)48(53)60-42-25-18-37(19-26-42)20-31-47(52)59-36(3)43-16-10-11-17-44(43)61-49(54)39-23-29-41(30-24-39)56-33-13-7-9-15-35-58-46(51)5-2/h4-5,10-11,16-31,36H,1-2,6-9,12-15,32-35H2,3H3/b31-20+/t36-/m1/s1. The summed E-state index contributed by atoms with van der Waals surface area (Å²) >= 11 is 0. The summed E-state index contributed by atoms with van der Waals surface area (Å²) in [6.07, 6.45) is 11.3. The van der Waals surface area contributed by atoms with Crippen LogP contribution in [-0.4, -0.2) is 56.3 Å². The van der Waals surface area contributed by atoms with Crippen LogP contribution in [0.25, 0.3) is 6.08 Å². The van der Waals surface area contributed by atoms with Gasteiger partial charge in [-0.25, -0.2) is 24.0 Å². The van der Waals surface area contributed by atoms with E-state index in [9.17, 15) is 24.0 Å². The number of unbranched alkanes of at least 4 members (excludes halogenated alkanes) is 6. The number of ether oxygens (including phenoxy) is 7. The number of esters is 5. The molecule has 0 saturated heterocycles. The predicted octanol–water partition coefficient (Wildman–Crippen LogP) is 9.78. The average molecular weight is 833 g/mol. The SMILES string of the molecule is C=CC(=O)OCCCCCCOc1ccc(C(=O)Oc2ccc(/C=C/C(=O)O[C@H](C)c3ccccc3OC(=O)c3ccc(OCCCCCCOC(=O)C=C)cc3)cc2)cc1. The van der Waals surface area contributed by atoms with E-state index in [0.717, 1.165) is 63.5 Å². The van der Waals surface area contributed by atoms with Crippen molar-refractivity contribution in [3.05, 3.63) is 151 Å². The molecule has 0 spiro atoms. The largest absolute Gasteiger partial charge is 0.494 e. The van der Waals surface area contributed by atoms with Gasteiger partial charge < -0.3 is 33.2 Å². The lowest BCUT2D eigenvalue weighted by molar-refractivity contribution is -0.142. The van der Waals surface area contributed by atoms with Gasteiger partial charge in [-0.3, -0.25) is 0 Å². The molecule has 4 aromatic rings. The quantitative estimate of drug-likeness (QED) is 0.0195. The number of carbonyl (C=O) groups excluding carboxylic acids is 5. The highest BCUT2D eigenvalue weighted by Crippen LogP contribution is 2.29. The number of carbonyl (C=O) groups is 5. The van der Waals surface area contributed by atoms with Crippen molar-refractivity contribution in [2.45, 2.75) is 64.4 Å². The molecule has 12 nitrogen and oxygen atoms in total. The van der Waals surface area contributed by atoms with Crippen molar-refractivity contribution in [2.24, 2.45) is 0 Å². The molecule has 12 heteroatoms. The third-order valence-electron chi connectivity index (χ3n) is 8.97. The van der Waals surface area contributed by atoms with Crippen molar-refractivity contribution in [1.29, 1.82) is 0 Å². The normalized spacial score (nSPS) is 11.2. The van der Waals surface area contributed by atoms with Crippen molar-refractivity contribution in [3.63, 3.8) is 0 Å². The van der Waals surface area contributed by atoms with Crippen molar-refractivity contribution in [3.8, 4) is 23.0 Å². The molecular formula is C49H52O12. The lowest BCUT2D eigenvalue weighted by Crippen LogP contribution is -2.12. The summed E-state index contributed by atoms with van der Waals surface area (Å²) in [6, 6.07) is 26.8. The summed E-state index contributed by atoms with van der Waals surface area (Å²) in [4.78, 5) is 60.6. The zero-order valence-corrected chi connectivity index (χ0v) is 34.4. The molecule has 0 amide bonds. The van der Waals surface area contributed by atoms with Gasteiger partial charge in [0.15, 0.2) is 0 Å². The minimum atomic E-state index is -0.736. The molecule has 4 rings (SSSR count). The van der Waals surface area contributed by atoms with Gasteiger partial charge in [-0.2, -0.15) is 0 Å². The summed E-state index contributed by atoms with van der Waals surface area (Å²) in [5.41, 5.74) is 1.88. The van der Waals surface area contributed by atoms with Crippen LogP contribution in [-0.2, 0) is 28.6 Å². The summed E-state index contributed by atoms with van der Waals surface area (Å²) in [5.74, 6) is -0.682. The second-order valence-corrected chi connectivity index (χ2v) is 13.6. The fourth-order valence-electron chi connectivity index (χ4n) is 5.66. The first-order chi connectivity index (χ1) is 29.6. The van der Waals surface area contributed by atoms with E-state index in [1.807, 2.05) is 0 Å². The average Bonchev–Trinajstić information content (AvgIpc) is 3.28. The van der Waals surface area contributed by atoms with Crippen LogP contribution >= 0.6 is 0 Å². The van der Waals surface area contributed by atoms with E-state index in [-0.39, 0.29) is 5.75 Å². The fourth-order valence-corrected chi connectivity index (χ4v) is 5.66. The number of hydrogen-bond acceptors (Lipinski definition) is 12. The smallest absolute Gasteiger partial charge is 0.343 e. The first-order valence-corrected chi connectivity index (χ1v) is 20.2. The molecule has 0 aliphatic carbocycles. The maximum absolute atomic E-state index is 13.0. The van der Waals surface area contributed by atoms with Gasteiger partial charge in [0.2, 0.25) is 0 Å². The second kappa shape index (κ2) is 26.2. The Labute approximate surface area is 356 Å². The fraction of sp³-hybridized carbons (Fsp3) is 0.286. The number of hydrogen-bond donors (Lipinski definition) is 0. The molecule has 0 fully saturated rings. The van der Waals surface area contributed by atoms with Gasteiger partial charge in [0.25, 0.3) is 0 Å². The zero-order chi connectivity index (χ0) is 43.7. The second-order valence-electron chi connectivity index (χ2n) is 13.6. The Morgan fingerprint density at radius 3 is 1.49 bits per heavy atom. The van der Waals surface area contributed by atoms with Crippen molar-refractivity contribution >= 4 is 35.9 Å². The number of rotatable bonds is 26. The maximum Gasteiger partial charge on any atom is 0.343 e. The predicted molar refractivity (Wildman–Crippen MR) is 229 cm³/mol. The Bertz CT molecular complexity index is 2070. The van der Waals surface area contributed by atoms with Crippen LogP contribution in [0.3, 0.4) is 0 Å². The third kappa shape index (κ3) is 17.4.